The van der Waals surface area contributed by atoms with E-state index >= 15 is 0 Å². The third-order valence-electron chi connectivity index (χ3n) is 3.80. The summed E-state index contributed by atoms with van der Waals surface area (Å²) in [5.41, 5.74) is 1.89. The van der Waals surface area contributed by atoms with Crippen LogP contribution in [-0.4, -0.2) is 19.3 Å². The zero-order chi connectivity index (χ0) is 13.8. The molecular formula is C16H24FNO. The molecule has 0 spiro atoms. The average molecular weight is 265 g/mol. The zero-order valence-corrected chi connectivity index (χ0v) is 12.1. The third kappa shape index (κ3) is 3.54. The predicted molar refractivity (Wildman–Crippen MR) is 75.7 cm³/mol. The van der Waals surface area contributed by atoms with Crippen LogP contribution < -0.4 is 5.32 Å². The first kappa shape index (κ1) is 14.5. The summed E-state index contributed by atoms with van der Waals surface area (Å²) in [6.07, 6.45) is 2.32. The molecule has 1 aromatic rings. The van der Waals surface area contributed by atoms with Gasteiger partial charge in [-0.25, -0.2) is 4.39 Å². The third-order valence-corrected chi connectivity index (χ3v) is 3.80. The van der Waals surface area contributed by atoms with E-state index in [4.69, 9.17) is 4.74 Å². The molecule has 0 aromatic heterocycles. The molecule has 1 aliphatic rings. The first-order valence-corrected chi connectivity index (χ1v) is 7.22. The van der Waals surface area contributed by atoms with Crippen LogP contribution in [0.2, 0.25) is 0 Å². The van der Waals surface area contributed by atoms with Gasteiger partial charge in [0.2, 0.25) is 0 Å². The Morgan fingerprint density at radius 2 is 2.26 bits per heavy atom. The van der Waals surface area contributed by atoms with Crippen molar-refractivity contribution in [2.75, 3.05) is 13.2 Å². The van der Waals surface area contributed by atoms with E-state index in [1.165, 1.54) is 0 Å². The van der Waals surface area contributed by atoms with Crippen molar-refractivity contribution in [2.24, 2.45) is 5.92 Å². The summed E-state index contributed by atoms with van der Waals surface area (Å²) >= 11 is 0. The number of hydrogen-bond acceptors (Lipinski definition) is 2. The van der Waals surface area contributed by atoms with Crippen molar-refractivity contribution in [2.45, 2.75) is 45.8 Å². The molecule has 0 saturated carbocycles. The van der Waals surface area contributed by atoms with Gasteiger partial charge < -0.3 is 10.1 Å². The second-order valence-electron chi connectivity index (χ2n) is 5.60. The maximum atomic E-state index is 14.1. The summed E-state index contributed by atoms with van der Waals surface area (Å²) in [6, 6.07) is 5.42. The summed E-state index contributed by atoms with van der Waals surface area (Å²) in [5, 5.41) is 3.50. The average Bonchev–Trinajstić information content (AvgIpc) is 2.80. The summed E-state index contributed by atoms with van der Waals surface area (Å²) < 4.78 is 19.8. The Bertz CT molecular complexity index is 421. The Balaban J connectivity index is 2.23. The molecule has 2 rings (SSSR count). The van der Waals surface area contributed by atoms with E-state index in [0.717, 1.165) is 37.1 Å². The number of aryl methyl sites for hydroxylation is 1. The maximum Gasteiger partial charge on any atom is 0.128 e. The highest BCUT2D eigenvalue weighted by Gasteiger charge is 2.31. The fraction of sp³-hybridized carbons (Fsp3) is 0.625. The molecule has 1 N–H and O–H groups in total. The molecule has 106 valence electrons. The molecule has 1 fully saturated rings. The Labute approximate surface area is 115 Å². The lowest BCUT2D eigenvalue weighted by Gasteiger charge is -2.25. The maximum absolute atomic E-state index is 14.1. The summed E-state index contributed by atoms with van der Waals surface area (Å²) in [7, 11) is 0. The van der Waals surface area contributed by atoms with Crippen molar-refractivity contribution >= 4 is 0 Å². The number of nitrogens with one attached hydrogen (secondary N) is 1. The molecule has 0 amide bonds. The van der Waals surface area contributed by atoms with Gasteiger partial charge in [0.15, 0.2) is 0 Å². The Hall–Kier alpha value is -0.930. The van der Waals surface area contributed by atoms with E-state index in [-0.39, 0.29) is 18.0 Å². The molecule has 1 aromatic carbocycles. The van der Waals surface area contributed by atoms with E-state index in [0.29, 0.717) is 5.92 Å². The van der Waals surface area contributed by atoms with E-state index in [2.05, 4.69) is 19.2 Å². The van der Waals surface area contributed by atoms with Gasteiger partial charge in [-0.15, -0.1) is 0 Å². The van der Waals surface area contributed by atoms with Crippen LogP contribution >= 0.6 is 0 Å². The summed E-state index contributed by atoms with van der Waals surface area (Å²) in [6.45, 7) is 7.85. The zero-order valence-electron chi connectivity index (χ0n) is 12.1. The van der Waals surface area contributed by atoms with Crippen LogP contribution in [0.4, 0.5) is 4.39 Å². The fourth-order valence-corrected chi connectivity index (χ4v) is 2.81. The van der Waals surface area contributed by atoms with Crippen LogP contribution in [0.3, 0.4) is 0 Å². The van der Waals surface area contributed by atoms with Crippen molar-refractivity contribution in [3.8, 4) is 0 Å². The van der Waals surface area contributed by atoms with Crippen molar-refractivity contribution in [1.29, 1.82) is 0 Å². The van der Waals surface area contributed by atoms with Crippen molar-refractivity contribution in [3.63, 3.8) is 0 Å². The second-order valence-corrected chi connectivity index (χ2v) is 5.60. The van der Waals surface area contributed by atoms with Crippen molar-refractivity contribution < 1.29 is 9.13 Å². The predicted octanol–water partition coefficient (Wildman–Crippen LogP) is 3.60. The van der Waals surface area contributed by atoms with Gasteiger partial charge in [0.25, 0.3) is 0 Å². The lowest BCUT2D eigenvalue weighted by atomic mass is 9.90. The molecule has 1 saturated heterocycles. The number of benzene rings is 1. The Morgan fingerprint density at radius 1 is 1.47 bits per heavy atom. The molecule has 0 aliphatic carbocycles. The SMILES string of the molecule is CCCNC(c1cc(C)ccc1F)C1COC(C)C1. The standard InChI is InChI=1S/C16H24FNO/c1-4-7-18-16(13-9-12(3)19-10-13)14-8-11(2)5-6-15(14)17/h5-6,8,12-13,16,18H,4,7,9-10H2,1-3H3. The summed E-state index contributed by atoms with van der Waals surface area (Å²) in [5.74, 6) is 0.247. The monoisotopic (exact) mass is 265 g/mol. The minimum absolute atomic E-state index is 0.0600. The normalized spacial score (nSPS) is 24.6. The van der Waals surface area contributed by atoms with Gasteiger partial charge in [0.1, 0.15) is 5.82 Å². The number of hydrogen-bond donors (Lipinski definition) is 1. The van der Waals surface area contributed by atoms with Crippen molar-refractivity contribution in [3.05, 3.63) is 35.1 Å². The minimum atomic E-state index is -0.112. The van der Waals surface area contributed by atoms with Crippen molar-refractivity contribution in [1.82, 2.24) is 5.32 Å². The molecule has 0 radical (unpaired) electrons. The van der Waals surface area contributed by atoms with Crippen LogP contribution in [0.25, 0.3) is 0 Å². The highest BCUT2D eigenvalue weighted by Crippen LogP contribution is 2.33. The molecule has 1 heterocycles. The van der Waals surface area contributed by atoms with Crippen LogP contribution in [-0.2, 0) is 4.74 Å². The van der Waals surface area contributed by atoms with Gasteiger partial charge >= 0.3 is 0 Å². The molecule has 1 aliphatic heterocycles. The molecular weight excluding hydrogens is 241 g/mol. The quantitative estimate of drug-likeness (QED) is 0.878. The molecule has 19 heavy (non-hydrogen) atoms. The first-order chi connectivity index (χ1) is 9.11. The van der Waals surface area contributed by atoms with Crippen LogP contribution in [0.1, 0.15) is 43.9 Å². The minimum Gasteiger partial charge on any atom is -0.378 e. The highest BCUT2D eigenvalue weighted by atomic mass is 19.1. The molecule has 3 atom stereocenters. The van der Waals surface area contributed by atoms with Gasteiger partial charge in [-0.3, -0.25) is 0 Å². The van der Waals surface area contributed by atoms with E-state index in [1.807, 2.05) is 19.1 Å². The number of halogens is 1. The molecule has 2 nitrogen and oxygen atoms in total. The van der Waals surface area contributed by atoms with E-state index < -0.39 is 0 Å². The van der Waals surface area contributed by atoms with Crippen LogP contribution in [0.15, 0.2) is 18.2 Å². The molecule has 3 heteroatoms. The van der Waals surface area contributed by atoms with Gasteiger partial charge in [-0.1, -0.05) is 24.6 Å². The lowest BCUT2D eigenvalue weighted by molar-refractivity contribution is 0.116. The molecule has 3 unspecified atom stereocenters. The van der Waals surface area contributed by atoms with Gasteiger partial charge in [-0.2, -0.15) is 0 Å². The topological polar surface area (TPSA) is 21.3 Å². The van der Waals surface area contributed by atoms with Gasteiger partial charge in [0.05, 0.1) is 12.7 Å². The Kier molecular flexibility index (Phi) is 4.94. The largest absolute Gasteiger partial charge is 0.378 e. The smallest absolute Gasteiger partial charge is 0.128 e. The van der Waals surface area contributed by atoms with Crippen LogP contribution in [0.5, 0.6) is 0 Å². The summed E-state index contributed by atoms with van der Waals surface area (Å²) in [4.78, 5) is 0. The van der Waals surface area contributed by atoms with E-state index in [1.54, 1.807) is 6.07 Å². The van der Waals surface area contributed by atoms with Gasteiger partial charge in [0, 0.05) is 17.5 Å². The number of rotatable bonds is 5. The Morgan fingerprint density at radius 3 is 2.89 bits per heavy atom. The van der Waals surface area contributed by atoms with Crippen LogP contribution in [0, 0.1) is 18.7 Å². The fourth-order valence-electron chi connectivity index (χ4n) is 2.81. The highest BCUT2D eigenvalue weighted by molar-refractivity contribution is 5.27. The first-order valence-electron chi connectivity index (χ1n) is 7.22. The van der Waals surface area contributed by atoms with Gasteiger partial charge in [-0.05, 0) is 39.3 Å². The van der Waals surface area contributed by atoms with E-state index in [9.17, 15) is 4.39 Å². The number of ether oxygens (including phenoxy) is 1. The second kappa shape index (κ2) is 6.49. The lowest BCUT2D eigenvalue weighted by Crippen LogP contribution is -2.30. The molecule has 0 bridgehead atoms.